The Morgan fingerprint density at radius 2 is 2.18 bits per heavy atom. The highest BCUT2D eigenvalue weighted by molar-refractivity contribution is 5.94. The summed E-state index contributed by atoms with van der Waals surface area (Å²) >= 11 is 0. The molecule has 1 aromatic heterocycles. The number of carbonyl (C=O) groups is 1. The van der Waals surface area contributed by atoms with E-state index in [0.717, 1.165) is 36.9 Å². The average molecular weight is 307 g/mol. The van der Waals surface area contributed by atoms with E-state index in [1.54, 1.807) is 0 Å². The summed E-state index contributed by atoms with van der Waals surface area (Å²) in [6, 6.07) is 0. The summed E-state index contributed by atoms with van der Waals surface area (Å²) in [6.45, 7) is 4.08. The Morgan fingerprint density at radius 1 is 1.45 bits per heavy atom. The van der Waals surface area contributed by atoms with Gasteiger partial charge in [0.25, 0.3) is 5.91 Å². The van der Waals surface area contributed by atoms with Crippen LogP contribution in [0.15, 0.2) is 0 Å². The van der Waals surface area contributed by atoms with E-state index >= 15 is 0 Å². The third kappa shape index (κ3) is 2.77. The first kappa shape index (κ1) is 15.5. The smallest absolute Gasteiger partial charge is 0.272 e. The largest absolute Gasteiger partial charge is 0.396 e. The normalized spacial score (nSPS) is 26.7. The number of hydrogen-bond donors (Lipinski definition) is 3. The minimum absolute atomic E-state index is 0.0642. The van der Waals surface area contributed by atoms with Crippen LogP contribution in [-0.2, 0) is 11.2 Å². The van der Waals surface area contributed by atoms with Crippen LogP contribution < -0.4 is 5.32 Å². The van der Waals surface area contributed by atoms with Crippen molar-refractivity contribution in [2.75, 3.05) is 6.61 Å². The molecule has 1 aromatic rings. The zero-order chi connectivity index (χ0) is 15.7. The van der Waals surface area contributed by atoms with E-state index in [9.17, 15) is 9.90 Å². The number of aromatic nitrogens is 2. The van der Waals surface area contributed by atoms with Gasteiger partial charge in [-0.05, 0) is 33.1 Å². The molecule has 2 heterocycles. The predicted molar refractivity (Wildman–Crippen MR) is 81.6 cm³/mol. The molecular formula is C16H25N3O3. The van der Waals surface area contributed by atoms with Gasteiger partial charge in [-0.3, -0.25) is 9.89 Å². The average Bonchev–Trinajstić information content (AvgIpc) is 3.06. The monoisotopic (exact) mass is 307 g/mol. The maximum atomic E-state index is 12.7. The third-order valence-electron chi connectivity index (χ3n) is 4.98. The molecule has 1 aliphatic heterocycles. The molecule has 1 saturated carbocycles. The molecule has 6 heteroatoms. The number of aliphatic hydroxyl groups excluding tert-OH is 1. The van der Waals surface area contributed by atoms with Crippen molar-refractivity contribution in [1.29, 1.82) is 0 Å². The van der Waals surface area contributed by atoms with Gasteiger partial charge in [0.15, 0.2) is 5.69 Å². The van der Waals surface area contributed by atoms with Crippen molar-refractivity contribution >= 4 is 5.91 Å². The fourth-order valence-corrected chi connectivity index (χ4v) is 3.86. The number of aromatic amines is 1. The Balaban J connectivity index is 1.81. The molecule has 122 valence electrons. The number of carbonyl (C=O) groups excluding carboxylic acids is 1. The quantitative estimate of drug-likeness (QED) is 0.792. The molecule has 1 aliphatic carbocycles. The summed E-state index contributed by atoms with van der Waals surface area (Å²) in [5.74, 6) is -0.130. The van der Waals surface area contributed by atoms with Crippen LogP contribution in [0.25, 0.3) is 0 Å². The van der Waals surface area contributed by atoms with Gasteiger partial charge in [0.1, 0.15) is 0 Å². The molecule has 1 fully saturated rings. The van der Waals surface area contributed by atoms with Crippen LogP contribution in [0.3, 0.4) is 0 Å². The van der Waals surface area contributed by atoms with E-state index in [1.807, 2.05) is 13.8 Å². The van der Waals surface area contributed by atoms with Crippen LogP contribution >= 0.6 is 0 Å². The SMILES string of the molecule is C[C@@H]1Cc2c(C(=O)NC3(CCO)CCCC3)n[nH]c2[C@H](C)O1. The first-order valence-electron chi connectivity index (χ1n) is 8.20. The fourth-order valence-electron chi connectivity index (χ4n) is 3.86. The van der Waals surface area contributed by atoms with Gasteiger partial charge in [0, 0.05) is 24.1 Å². The summed E-state index contributed by atoms with van der Waals surface area (Å²) in [4.78, 5) is 12.7. The van der Waals surface area contributed by atoms with Gasteiger partial charge in [-0.25, -0.2) is 0 Å². The highest BCUT2D eigenvalue weighted by Crippen LogP contribution is 2.34. The number of amides is 1. The summed E-state index contributed by atoms with van der Waals surface area (Å²) in [6.07, 6.45) is 5.40. The second-order valence-electron chi connectivity index (χ2n) is 6.67. The van der Waals surface area contributed by atoms with Gasteiger partial charge in [0.2, 0.25) is 0 Å². The van der Waals surface area contributed by atoms with E-state index in [1.165, 1.54) is 0 Å². The highest BCUT2D eigenvalue weighted by atomic mass is 16.5. The van der Waals surface area contributed by atoms with Crippen molar-refractivity contribution in [1.82, 2.24) is 15.5 Å². The summed E-state index contributed by atoms with van der Waals surface area (Å²) in [7, 11) is 0. The third-order valence-corrected chi connectivity index (χ3v) is 4.98. The zero-order valence-electron chi connectivity index (χ0n) is 13.3. The molecule has 2 aliphatic rings. The standard InChI is InChI=1S/C16H25N3O3/c1-10-9-12-13(11(2)22-10)18-19-14(12)15(21)17-16(7-8-20)5-3-4-6-16/h10-11,20H,3-9H2,1-2H3,(H,17,21)(H,18,19)/t10-,11+/m1/s1. The summed E-state index contributed by atoms with van der Waals surface area (Å²) in [5.41, 5.74) is 2.10. The van der Waals surface area contributed by atoms with Crippen LogP contribution in [0.4, 0.5) is 0 Å². The molecule has 22 heavy (non-hydrogen) atoms. The number of nitrogens with one attached hydrogen (secondary N) is 2. The van der Waals surface area contributed by atoms with Gasteiger partial charge < -0.3 is 15.2 Å². The van der Waals surface area contributed by atoms with E-state index < -0.39 is 0 Å². The molecule has 3 rings (SSSR count). The van der Waals surface area contributed by atoms with Gasteiger partial charge in [-0.1, -0.05) is 12.8 Å². The molecular weight excluding hydrogens is 282 g/mol. The first-order valence-corrected chi connectivity index (χ1v) is 8.20. The summed E-state index contributed by atoms with van der Waals surface area (Å²) < 4.78 is 5.76. The number of nitrogens with zero attached hydrogens (tertiary/aromatic N) is 1. The predicted octanol–water partition coefficient (Wildman–Crippen LogP) is 1.86. The lowest BCUT2D eigenvalue weighted by molar-refractivity contribution is -0.00698. The first-order chi connectivity index (χ1) is 10.5. The highest BCUT2D eigenvalue weighted by Gasteiger charge is 2.37. The minimum atomic E-state index is -0.264. The van der Waals surface area contributed by atoms with Crippen molar-refractivity contribution in [3.8, 4) is 0 Å². The molecule has 0 unspecified atom stereocenters. The number of hydrogen-bond acceptors (Lipinski definition) is 4. The molecule has 0 aromatic carbocycles. The topological polar surface area (TPSA) is 87.2 Å². The van der Waals surface area contributed by atoms with Gasteiger partial charge in [-0.15, -0.1) is 0 Å². The molecule has 6 nitrogen and oxygen atoms in total. The Kier molecular flexibility index (Phi) is 4.23. The van der Waals surface area contributed by atoms with E-state index in [4.69, 9.17) is 4.74 Å². The lowest BCUT2D eigenvalue weighted by Gasteiger charge is -2.30. The molecule has 1 amide bonds. The number of rotatable bonds is 4. The van der Waals surface area contributed by atoms with E-state index in [0.29, 0.717) is 18.5 Å². The van der Waals surface area contributed by atoms with E-state index in [2.05, 4.69) is 15.5 Å². The van der Waals surface area contributed by atoms with E-state index in [-0.39, 0.29) is 30.3 Å². The number of aliphatic hydroxyl groups is 1. The van der Waals surface area contributed by atoms with Crippen molar-refractivity contribution in [3.05, 3.63) is 17.0 Å². The van der Waals surface area contributed by atoms with Crippen molar-refractivity contribution < 1.29 is 14.6 Å². The van der Waals surface area contributed by atoms with Crippen molar-refractivity contribution in [3.63, 3.8) is 0 Å². The molecule has 0 spiro atoms. The number of ether oxygens (including phenoxy) is 1. The van der Waals surface area contributed by atoms with Crippen LogP contribution in [0.1, 0.15) is 73.8 Å². The Labute approximate surface area is 130 Å². The van der Waals surface area contributed by atoms with Crippen LogP contribution in [0, 0.1) is 0 Å². The number of fused-ring (bicyclic) bond motifs is 1. The maximum Gasteiger partial charge on any atom is 0.272 e. The Morgan fingerprint density at radius 3 is 2.86 bits per heavy atom. The lowest BCUT2D eigenvalue weighted by atomic mass is 9.92. The number of H-pyrrole nitrogens is 1. The van der Waals surface area contributed by atoms with Gasteiger partial charge >= 0.3 is 0 Å². The van der Waals surface area contributed by atoms with Gasteiger partial charge in [0.05, 0.1) is 17.9 Å². The molecule has 3 N–H and O–H groups in total. The zero-order valence-corrected chi connectivity index (χ0v) is 13.3. The maximum absolute atomic E-state index is 12.7. The second kappa shape index (κ2) is 6.01. The van der Waals surface area contributed by atoms with Gasteiger partial charge in [-0.2, -0.15) is 5.10 Å². The fraction of sp³-hybridized carbons (Fsp3) is 0.750. The molecule has 2 atom stereocenters. The van der Waals surface area contributed by atoms with Crippen LogP contribution in [0.2, 0.25) is 0 Å². The minimum Gasteiger partial charge on any atom is -0.396 e. The Hall–Kier alpha value is -1.40. The van der Waals surface area contributed by atoms with Crippen LogP contribution in [0.5, 0.6) is 0 Å². The van der Waals surface area contributed by atoms with Crippen molar-refractivity contribution in [2.24, 2.45) is 0 Å². The van der Waals surface area contributed by atoms with Crippen LogP contribution in [-0.4, -0.2) is 39.5 Å². The molecule has 0 saturated heterocycles. The van der Waals surface area contributed by atoms with Crippen molar-refractivity contribution in [2.45, 2.75) is 70.1 Å². The molecule has 0 radical (unpaired) electrons. The molecule has 0 bridgehead atoms. The Bertz CT molecular complexity index is 549. The lowest BCUT2D eigenvalue weighted by Crippen LogP contribution is -2.47. The second-order valence-corrected chi connectivity index (χ2v) is 6.67. The summed E-state index contributed by atoms with van der Waals surface area (Å²) in [5, 5.41) is 19.7.